The molecule has 3 fully saturated rings. The first-order valence-corrected chi connectivity index (χ1v) is 10.6. The Kier molecular flexibility index (Phi) is 6.68. The lowest BCUT2D eigenvalue weighted by Crippen LogP contribution is -2.58. The number of fused-ring (bicyclic) bond motifs is 2. The van der Waals surface area contributed by atoms with Gasteiger partial charge in [-0.15, -0.1) is 0 Å². The molecule has 0 spiro atoms. The highest BCUT2D eigenvalue weighted by atomic mass is 19.3. The lowest BCUT2D eigenvalue weighted by molar-refractivity contribution is -0.152. The number of hydrogen-bond acceptors (Lipinski definition) is 9. The summed E-state index contributed by atoms with van der Waals surface area (Å²) in [5, 5.41) is 15.8. The topological polar surface area (TPSA) is 124 Å². The first-order valence-electron chi connectivity index (χ1n) is 10.6. The average molecular weight is 441 g/mol. The number of hydrazine groups is 1. The van der Waals surface area contributed by atoms with Crippen LogP contribution in [0.2, 0.25) is 0 Å². The van der Waals surface area contributed by atoms with Gasteiger partial charge in [0.15, 0.2) is 0 Å². The second-order valence-corrected chi connectivity index (χ2v) is 8.32. The van der Waals surface area contributed by atoms with E-state index in [-0.39, 0.29) is 36.9 Å². The zero-order chi connectivity index (χ0) is 22.0. The third kappa shape index (κ3) is 4.96. The molecule has 0 saturated carbocycles. The minimum atomic E-state index is -2.97. The molecule has 0 aromatic carbocycles. The molecule has 2 bridgehead atoms. The third-order valence-corrected chi connectivity index (χ3v) is 6.19. The van der Waals surface area contributed by atoms with Gasteiger partial charge in [0.2, 0.25) is 11.8 Å². The van der Waals surface area contributed by atoms with Crippen molar-refractivity contribution >= 4 is 17.7 Å². The number of hydrogen-bond donors (Lipinski definition) is 5. The van der Waals surface area contributed by atoms with Gasteiger partial charge in [0, 0.05) is 36.7 Å². The summed E-state index contributed by atoms with van der Waals surface area (Å²) in [4.78, 5) is 22.3. The van der Waals surface area contributed by atoms with Crippen molar-refractivity contribution in [2.45, 2.75) is 75.3 Å². The van der Waals surface area contributed by atoms with Gasteiger partial charge >= 0.3 is 6.43 Å². The molecule has 3 unspecified atom stereocenters. The van der Waals surface area contributed by atoms with E-state index >= 15 is 0 Å². The lowest BCUT2D eigenvalue weighted by atomic mass is 9.81. The molecule has 10 nitrogen and oxygen atoms in total. The van der Waals surface area contributed by atoms with Crippen LogP contribution in [-0.2, 0) is 4.79 Å². The normalized spacial score (nSPS) is 30.4. The van der Waals surface area contributed by atoms with Crippen molar-refractivity contribution in [2.24, 2.45) is 0 Å². The minimum absolute atomic E-state index is 0.0259. The summed E-state index contributed by atoms with van der Waals surface area (Å²) in [6.07, 6.45) is 1.13. The number of halogens is 2. The van der Waals surface area contributed by atoms with Crippen LogP contribution in [0, 0.1) is 0 Å². The fraction of sp³-hybridized carbons (Fsp3) is 0.737. The van der Waals surface area contributed by atoms with E-state index in [4.69, 9.17) is 4.74 Å². The number of nitrogens with zero attached hydrogens (tertiary/aromatic N) is 3. The van der Waals surface area contributed by atoms with Crippen LogP contribution in [-0.4, -0.2) is 76.4 Å². The van der Waals surface area contributed by atoms with Gasteiger partial charge in [-0.25, -0.2) is 5.43 Å². The molecule has 0 aliphatic carbocycles. The number of methoxy groups -OCH3 is 1. The highest BCUT2D eigenvalue weighted by molar-refractivity contribution is 5.80. The van der Waals surface area contributed by atoms with Crippen molar-refractivity contribution in [3.05, 3.63) is 6.07 Å². The Bertz CT molecular complexity index is 773. The van der Waals surface area contributed by atoms with Gasteiger partial charge in [0.1, 0.15) is 5.82 Å². The zero-order valence-electron chi connectivity index (χ0n) is 17.4. The van der Waals surface area contributed by atoms with Gasteiger partial charge in [0.25, 0.3) is 5.91 Å². The molecular formula is C19H29F2N7O3. The van der Waals surface area contributed by atoms with Gasteiger partial charge in [-0.05, 0) is 32.1 Å². The maximum atomic E-state index is 13.0. The predicted molar refractivity (Wildman–Crippen MR) is 109 cm³/mol. The number of aromatic nitrogens is 2. The molecule has 5 atom stereocenters. The smallest absolute Gasteiger partial charge is 0.315 e. The van der Waals surface area contributed by atoms with Gasteiger partial charge < -0.3 is 25.4 Å². The van der Waals surface area contributed by atoms with Crippen LogP contribution in [0.5, 0.6) is 5.88 Å². The molecule has 12 heteroatoms. The van der Waals surface area contributed by atoms with Crippen LogP contribution < -0.4 is 26.2 Å². The molecule has 3 aliphatic rings. The highest BCUT2D eigenvalue weighted by Gasteiger charge is 2.43. The Labute approximate surface area is 179 Å². The number of ether oxygens (including phenoxy) is 1. The molecular weight excluding hydrogens is 412 g/mol. The number of carbonyl (C=O) groups is 1. The summed E-state index contributed by atoms with van der Waals surface area (Å²) in [5.74, 6) is 0.257. The van der Waals surface area contributed by atoms with Crippen molar-refractivity contribution in [3.8, 4) is 5.88 Å². The van der Waals surface area contributed by atoms with Gasteiger partial charge in [-0.3, -0.25) is 10.2 Å². The summed E-state index contributed by atoms with van der Waals surface area (Å²) in [6, 6.07) is 1.22. The lowest BCUT2D eigenvalue weighted by Gasteiger charge is -2.48. The molecule has 172 valence electrons. The molecule has 4 heterocycles. The Balaban J connectivity index is 1.44. The summed E-state index contributed by atoms with van der Waals surface area (Å²) < 4.78 is 31.4. The molecule has 4 rings (SSSR count). The number of aliphatic hydroxyl groups excluding tert-OH is 1. The number of aliphatic hydroxyl groups is 1. The van der Waals surface area contributed by atoms with Crippen molar-refractivity contribution in [1.82, 2.24) is 25.7 Å². The Morgan fingerprint density at radius 3 is 2.61 bits per heavy atom. The maximum Gasteiger partial charge on any atom is 0.315 e. The first-order chi connectivity index (χ1) is 15.0. The number of nitrogens with one attached hydrogen (secondary N) is 4. The molecule has 31 heavy (non-hydrogen) atoms. The Morgan fingerprint density at radius 2 is 2.00 bits per heavy atom. The van der Waals surface area contributed by atoms with Crippen LogP contribution in [0.4, 0.5) is 20.5 Å². The summed E-state index contributed by atoms with van der Waals surface area (Å²) in [6.45, 7) is 0.0279. The van der Waals surface area contributed by atoms with Gasteiger partial charge in [0.05, 0.1) is 19.9 Å². The molecule has 3 saturated heterocycles. The largest absolute Gasteiger partial charge is 0.481 e. The number of rotatable bonds is 7. The SMILES string of the molecule is COc1cc(NC2CC(CO)NN2)nc(NC2C[C@H]3CCC[C@@H](C2)N3C(=O)C(F)F)n1. The third-order valence-electron chi connectivity index (χ3n) is 6.19. The van der Waals surface area contributed by atoms with Crippen LogP contribution in [0.1, 0.15) is 38.5 Å². The van der Waals surface area contributed by atoms with Crippen molar-refractivity contribution in [3.63, 3.8) is 0 Å². The van der Waals surface area contributed by atoms with Gasteiger partial charge in [-0.1, -0.05) is 0 Å². The van der Waals surface area contributed by atoms with E-state index in [1.54, 1.807) is 6.07 Å². The summed E-state index contributed by atoms with van der Waals surface area (Å²) in [5.41, 5.74) is 6.05. The molecule has 1 amide bonds. The van der Waals surface area contributed by atoms with E-state index in [9.17, 15) is 18.7 Å². The van der Waals surface area contributed by atoms with E-state index in [0.29, 0.717) is 36.9 Å². The van der Waals surface area contributed by atoms with Crippen LogP contribution in [0.3, 0.4) is 0 Å². The second-order valence-electron chi connectivity index (χ2n) is 8.32. The number of anilines is 2. The number of carbonyl (C=O) groups excluding carboxylic acids is 1. The van der Waals surface area contributed by atoms with E-state index in [1.165, 1.54) is 12.0 Å². The Hall–Kier alpha value is -2.31. The van der Waals surface area contributed by atoms with E-state index in [2.05, 4.69) is 31.5 Å². The average Bonchev–Trinajstić information content (AvgIpc) is 3.19. The highest BCUT2D eigenvalue weighted by Crippen LogP contribution is 2.36. The fourth-order valence-electron chi connectivity index (χ4n) is 4.84. The fourth-order valence-corrected chi connectivity index (χ4v) is 4.84. The van der Waals surface area contributed by atoms with E-state index in [0.717, 1.165) is 19.3 Å². The zero-order valence-corrected chi connectivity index (χ0v) is 17.4. The van der Waals surface area contributed by atoms with Crippen molar-refractivity contribution < 1.29 is 23.4 Å². The van der Waals surface area contributed by atoms with Crippen molar-refractivity contribution in [1.29, 1.82) is 0 Å². The van der Waals surface area contributed by atoms with E-state index < -0.39 is 12.3 Å². The molecule has 1 aromatic rings. The molecule has 5 N–H and O–H groups in total. The number of amides is 1. The van der Waals surface area contributed by atoms with Crippen molar-refractivity contribution in [2.75, 3.05) is 24.4 Å². The standard InChI is InChI=1S/C19H29F2N7O3/c1-31-16-8-14(23-15-7-11(9-29)26-27-15)24-19(25-16)22-10-5-12-3-2-4-13(6-10)28(12)18(30)17(20)21/h8,10-13,15,17,26-27,29H,2-7,9H2,1H3,(H2,22,23,24,25)/t10?,11?,12-,13+,15?. The molecule has 3 aliphatic heterocycles. The van der Waals surface area contributed by atoms with Gasteiger partial charge in [-0.2, -0.15) is 18.7 Å². The molecule has 0 radical (unpaired) electrons. The van der Waals surface area contributed by atoms with Crippen LogP contribution >= 0.6 is 0 Å². The quantitative estimate of drug-likeness (QED) is 0.415. The van der Waals surface area contributed by atoms with Crippen LogP contribution in [0.25, 0.3) is 0 Å². The monoisotopic (exact) mass is 441 g/mol. The van der Waals surface area contributed by atoms with E-state index in [1.807, 2.05) is 0 Å². The number of alkyl halides is 2. The molecule has 1 aromatic heterocycles. The number of piperidine rings is 2. The summed E-state index contributed by atoms with van der Waals surface area (Å²) in [7, 11) is 1.52. The Morgan fingerprint density at radius 1 is 1.26 bits per heavy atom. The minimum Gasteiger partial charge on any atom is -0.481 e. The first kappa shape index (κ1) is 21.9. The maximum absolute atomic E-state index is 13.0. The predicted octanol–water partition coefficient (Wildman–Crippen LogP) is 0.671. The second kappa shape index (κ2) is 9.45. The summed E-state index contributed by atoms with van der Waals surface area (Å²) >= 11 is 0. The van der Waals surface area contributed by atoms with Crippen LogP contribution in [0.15, 0.2) is 6.07 Å².